The Balaban J connectivity index is 1.88. The summed E-state index contributed by atoms with van der Waals surface area (Å²) in [5.74, 6) is 1.97. The standard InChI is InChI=1S/C14H28N2O/c1-14(2,17-4)13(15-3)10-16-8-11-6-5-7-12(11)9-16/h11-13,15H,5-10H2,1-4H3. The van der Waals surface area contributed by atoms with Gasteiger partial charge in [-0.3, -0.25) is 0 Å². The summed E-state index contributed by atoms with van der Waals surface area (Å²) in [4.78, 5) is 2.64. The molecular formula is C14H28N2O. The van der Waals surface area contributed by atoms with Gasteiger partial charge < -0.3 is 15.0 Å². The molecule has 0 aromatic carbocycles. The van der Waals surface area contributed by atoms with Crippen LogP contribution in [0.5, 0.6) is 0 Å². The Morgan fingerprint density at radius 3 is 2.35 bits per heavy atom. The Kier molecular flexibility index (Phi) is 4.11. The van der Waals surface area contributed by atoms with Crippen LogP contribution >= 0.6 is 0 Å². The molecule has 100 valence electrons. The number of nitrogens with one attached hydrogen (secondary N) is 1. The molecule has 1 N–H and O–H groups in total. The molecule has 3 atom stereocenters. The number of likely N-dealkylation sites (tertiary alicyclic amines) is 1. The summed E-state index contributed by atoms with van der Waals surface area (Å²) in [6.45, 7) is 8.08. The predicted octanol–water partition coefficient (Wildman–Crippen LogP) is 1.73. The molecule has 1 aliphatic heterocycles. The largest absolute Gasteiger partial charge is 0.377 e. The van der Waals surface area contributed by atoms with E-state index in [2.05, 4.69) is 24.1 Å². The van der Waals surface area contributed by atoms with Crippen LogP contribution in [0.4, 0.5) is 0 Å². The zero-order valence-electron chi connectivity index (χ0n) is 11.8. The molecule has 1 saturated carbocycles. The van der Waals surface area contributed by atoms with Crippen molar-refractivity contribution in [2.24, 2.45) is 11.8 Å². The lowest BCUT2D eigenvalue weighted by Gasteiger charge is -2.35. The molecule has 1 heterocycles. The zero-order chi connectivity index (χ0) is 12.5. The van der Waals surface area contributed by atoms with Crippen molar-refractivity contribution >= 4 is 0 Å². The van der Waals surface area contributed by atoms with Crippen molar-refractivity contribution in [1.82, 2.24) is 10.2 Å². The summed E-state index contributed by atoms with van der Waals surface area (Å²) >= 11 is 0. The molecule has 0 amide bonds. The number of methoxy groups -OCH3 is 1. The van der Waals surface area contributed by atoms with E-state index in [0.29, 0.717) is 6.04 Å². The van der Waals surface area contributed by atoms with E-state index < -0.39 is 0 Å². The maximum atomic E-state index is 5.61. The van der Waals surface area contributed by atoms with Crippen molar-refractivity contribution in [1.29, 1.82) is 0 Å². The van der Waals surface area contributed by atoms with Gasteiger partial charge in [0.25, 0.3) is 0 Å². The van der Waals surface area contributed by atoms with E-state index in [1.807, 2.05) is 14.2 Å². The minimum atomic E-state index is -0.0908. The zero-order valence-corrected chi connectivity index (χ0v) is 11.8. The third kappa shape index (κ3) is 2.83. The summed E-state index contributed by atoms with van der Waals surface area (Å²) in [7, 11) is 3.85. The molecule has 0 aromatic heterocycles. The minimum Gasteiger partial charge on any atom is -0.377 e. The molecule has 17 heavy (non-hydrogen) atoms. The number of ether oxygens (including phenoxy) is 1. The minimum absolute atomic E-state index is 0.0908. The van der Waals surface area contributed by atoms with Gasteiger partial charge in [-0.2, -0.15) is 0 Å². The maximum Gasteiger partial charge on any atom is 0.0787 e. The highest BCUT2D eigenvalue weighted by molar-refractivity contribution is 4.93. The molecule has 2 fully saturated rings. The highest BCUT2D eigenvalue weighted by Gasteiger charge is 2.38. The van der Waals surface area contributed by atoms with E-state index >= 15 is 0 Å². The quantitative estimate of drug-likeness (QED) is 0.792. The van der Waals surface area contributed by atoms with Gasteiger partial charge in [-0.05, 0) is 45.6 Å². The second-order valence-electron chi connectivity index (χ2n) is 6.32. The van der Waals surface area contributed by atoms with Crippen molar-refractivity contribution < 1.29 is 4.74 Å². The Hall–Kier alpha value is -0.120. The molecule has 2 rings (SSSR count). The lowest BCUT2D eigenvalue weighted by molar-refractivity contribution is -0.0166. The Bertz CT molecular complexity index is 243. The Labute approximate surface area is 106 Å². The van der Waals surface area contributed by atoms with Gasteiger partial charge in [-0.1, -0.05) is 6.42 Å². The first-order chi connectivity index (χ1) is 8.06. The molecule has 0 radical (unpaired) electrons. The molecule has 0 spiro atoms. The van der Waals surface area contributed by atoms with Crippen LogP contribution in [-0.2, 0) is 4.74 Å². The molecule has 1 saturated heterocycles. The third-order valence-electron chi connectivity index (χ3n) is 4.96. The highest BCUT2D eigenvalue weighted by atomic mass is 16.5. The third-order valence-corrected chi connectivity index (χ3v) is 4.96. The van der Waals surface area contributed by atoms with Gasteiger partial charge in [0.1, 0.15) is 0 Å². The summed E-state index contributed by atoms with van der Waals surface area (Å²) in [6.07, 6.45) is 4.38. The average molecular weight is 240 g/mol. The van der Waals surface area contributed by atoms with Gasteiger partial charge in [0.05, 0.1) is 5.60 Å². The first-order valence-electron chi connectivity index (χ1n) is 7.01. The number of rotatable bonds is 5. The molecule has 3 unspecified atom stereocenters. The van der Waals surface area contributed by atoms with Crippen molar-refractivity contribution in [3.63, 3.8) is 0 Å². The lowest BCUT2D eigenvalue weighted by atomic mass is 9.98. The molecule has 2 aliphatic rings. The fourth-order valence-electron chi connectivity index (χ4n) is 3.54. The number of likely N-dealkylation sites (N-methyl/N-ethyl adjacent to an activating group) is 1. The van der Waals surface area contributed by atoms with Gasteiger partial charge in [-0.15, -0.1) is 0 Å². The van der Waals surface area contributed by atoms with Crippen LogP contribution in [0.3, 0.4) is 0 Å². The van der Waals surface area contributed by atoms with E-state index in [9.17, 15) is 0 Å². The van der Waals surface area contributed by atoms with Gasteiger partial charge >= 0.3 is 0 Å². The monoisotopic (exact) mass is 240 g/mol. The van der Waals surface area contributed by atoms with Crippen LogP contribution in [0.1, 0.15) is 33.1 Å². The molecule has 0 bridgehead atoms. The van der Waals surface area contributed by atoms with Gasteiger partial charge in [0, 0.05) is 32.8 Å². The molecule has 1 aliphatic carbocycles. The van der Waals surface area contributed by atoms with Crippen molar-refractivity contribution in [2.75, 3.05) is 33.8 Å². The topological polar surface area (TPSA) is 24.5 Å². The molecule has 0 aromatic rings. The van der Waals surface area contributed by atoms with Crippen molar-refractivity contribution in [2.45, 2.75) is 44.8 Å². The second-order valence-corrected chi connectivity index (χ2v) is 6.32. The summed E-state index contributed by atoms with van der Waals surface area (Å²) in [6, 6.07) is 0.409. The van der Waals surface area contributed by atoms with Crippen LogP contribution in [-0.4, -0.2) is 50.3 Å². The SMILES string of the molecule is CNC(CN1CC2CCCC2C1)C(C)(C)OC. The second kappa shape index (κ2) is 5.25. The van der Waals surface area contributed by atoms with Crippen molar-refractivity contribution in [3.05, 3.63) is 0 Å². The normalized spacial score (nSPS) is 31.8. The average Bonchev–Trinajstić information content (AvgIpc) is 2.85. The van der Waals surface area contributed by atoms with Gasteiger partial charge in [0.15, 0.2) is 0 Å². The number of nitrogens with zero attached hydrogens (tertiary/aromatic N) is 1. The van der Waals surface area contributed by atoms with Crippen LogP contribution in [0.2, 0.25) is 0 Å². The Morgan fingerprint density at radius 2 is 1.88 bits per heavy atom. The number of hydrogen-bond acceptors (Lipinski definition) is 3. The smallest absolute Gasteiger partial charge is 0.0787 e. The summed E-state index contributed by atoms with van der Waals surface area (Å²) in [5.41, 5.74) is -0.0908. The van der Waals surface area contributed by atoms with E-state index in [-0.39, 0.29) is 5.60 Å². The number of fused-ring (bicyclic) bond motifs is 1. The predicted molar refractivity (Wildman–Crippen MR) is 71.2 cm³/mol. The van der Waals surface area contributed by atoms with Gasteiger partial charge in [-0.25, -0.2) is 0 Å². The van der Waals surface area contributed by atoms with Crippen LogP contribution in [0.25, 0.3) is 0 Å². The van der Waals surface area contributed by atoms with Crippen LogP contribution < -0.4 is 5.32 Å². The first-order valence-corrected chi connectivity index (χ1v) is 7.01. The molecule has 3 heteroatoms. The highest BCUT2D eigenvalue weighted by Crippen LogP contribution is 2.37. The fraction of sp³-hybridized carbons (Fsp3) is 1.00. The van der Waals surface area contributed by atoms with Gasteiger partial charge in [0.2, 0.25) is 0 Å². The van der Waals surface area contributed by atoms with E-state index in [1.165, 1.54) is 32.4 Å². The molecular weight excluding hydrogens is 212 g/mol. The van der Waals surface area contributed by atoms with Crippen LogP contribution in [0, 0.1) is 11.8 Å². The fourth-order valence-corrected chi connectivity index (χ4v) is 3.54. The Morgan fingerprint density at radius 1 is 1.29 bits per heavy atom. The van der Waals surface area contributed by atoms with E-state index in [0.717, 1.165) is 18.4 Å². The van der Waals surface area contributed by atoms with Crippen LogP contribution in [0.15, 0.2) is 0 Å². The lowest BCUT2D eigenvalue weighted by Crippen LogP contribution is -2.52. The summed E-state index contributed by atoms with van der Waals surface area (Å²) in [5, 5.41) is 3.42. The first kappa shape index (κ1) is 13.3. The number of hydrogen-bond donors (Lipinski definition) is 1. The molecule has 3 nitrogen and oxygen atoms in total. The van der Waals surface area contributed by atoms with E-state index in [4.69, 9.17) is 4.74 Å². The maximum absolute atomic E-state index is 5.61. The van der Waals surface area contributed by atoms with Crippen molar-refractivity contribution in [3.8, 4) is 0 Å². The summed E-state index contributed by atoms with van der Waals surface area (Å²) < 4.78 is 5.61. The van der Waals surface area contributed by atoms with E-state index in [1.54, 1.807) is 0 Å².